The fourth-order valence-corrected chi connectivity index (χ4v) is 1.31. The highest BCUT2D eigenvalue weighted by atomic mass is 19.4. The van der Waals surface area contributed by atoms with E-state index in [1.54, 1.807) is 0 Å². The largest absolute Gasteiger partial charge is 0.595 e. The van der Waals surface area contributed by atoms with Crippen LogP contribution in [0, 0.1) is 5.21 Å². The number of nitrogens with one attached hydrogen (secondary N) is 1. The maximum absolute atomic E-state index is 12.6. The fourth-order valence-electron chi connectivity index (χ4n) is 1.31. The molecule has 0 bridgehead atoms. The Bertz CT molecular complexity index is 438. The highest BCUT2D eigenvalue weighted by Crippen LogP contribution is 2.52. The fraction of sp³-hybridized carbons (Fsp3) is 0.250. The number of hydrogen-bond donors (Lipinski definition) is 2. The zero-order valence-corrected chi connectivity index (χ0v) is 7.69. The van der Waals surface area contributed by atoms with Crippen molar-refractivity contribution in [3.05, 3.63) is 35.0 Å². The third-order valence-corrected chi connectivity index (χ3v) is 2.21. The molecule has 1 heterocycles. The van der Waals surface area contributed by atoms with Gasteiger partial charge in [-0.1, -0.05) is 12.1 Å². The van der Waals surface area contributed by atoms with E-state index in [-0.39, 0.29) is 11.3 Å². The smallest absolute Gasteiger partial charge is 0.442 e. The van der Waals surface area contributed by atoms with E-state index in [2.05, 4.69) is 10.2 Å². The van der Waals surface area contributed by atoms with Crippen LogP contribution in [0.5, 0.6) is 0 Å². The van der Waals surface area contributed by atoms with Gasteiger partial charge in [-0.25, -0.2) is 5.21 Å². The summed E-state index contributed by atoms with van der Waals surface area (Å²) >= 11 is 0. The minimum Gasteiger partial charge on any atom is -0.595 e. The van der Waals surface area contributed by atoms with E-state index >= 15 is 0 Å². The second-order valence-electron chi connectivity index (χ2n) is 3.26. The van der Waals surface area contributed by atoms with Crippen LogP contribution in [-0.4, -0.2) is 11.4 Å². The Hall–Kier alpha value is -1.51. The Morgan fingerprint density at radius 2 is 1.94 bits per heavy atom. The maximum Gasteiger partial charge on any atom is 0.442 e. The average Bonchev–Trinajstić information content (AvgIpc) is 2.97. The van der Waals surface area contributed by atoms with Crippen molar-refractivity contribution in [2.45, 2.75) is 11.8 Å². The molecular weight excluding hydrogens is 227 g/mol. The molecule has 0 aliphatic carbocycles. The van der Waals surface area contributed by atoms with Gasteiger partial charge in [-0.2, -0.15) is 18.4 Å². The molecule has 2 rings (SSSR count). The van der Waals surface area contributed by atoms with Crippen LogP contribution in [0.1, 0.15) is 5.56 Å². The van der Waals surface area contributed by atoms with Gasteiger partial charge in [0.05, 0.1) is 0 Å². The predicted octanol–water partition coefficient (Wildman–Crippen LogP) is 1.27. The van der Waals surface area contributed by atoms with Crippen LogP contribution in [0.15, 0.2) is 34.5 Å². The van der Waals surface area contributed by atoms with E-state index in [1.165, 1.54) is 12.1 Å². The van der Waals surface area contributed by atoms with Gasteiger partial charge in [0.1, 0.15) is 0 Å². The first-order valence-electron chi connectivity index (χ1n) is 4.21. The summed E-state index contributed by atoms with van der Waals surface area (Å²) in [6, 6.07) is 4.52. The minimum atomic E-state index is -4.63. The van der Waals surface area contributed by atoms with Crippen molar-refractivity contribution in [3.63, 3.8) is 0 Å². The molecule has 0 aromatic heterocycles. The molecule has 1 aromatic carbocycles. The van der Waals surface area contributed by atoms with Crippen LogP contribution in [-0.2, 0) is 5.66 Å². The van der Waals surface area contributed by atoms with Gasteiger partial charge in [0, 0.05) is 17.7 Å². The SMILES string of the molecule is [O-][NH+](O)c1cccc(C2(C(F)(F)F)N=N2)c1. The van der Waals surface area contributed by atoms with Crippen LogP contribution < -0.4 is 5.23 Å². The molecular formula is C8H6F3N3O2. The van der Waals surface area contributed by atoms with Gasteiger partial charge in [0.2, 0.25) is 0 Å². The van der Waals surface area contributed by atoms with E-state index in [0.717, 1.165) is 12.1 Å². The van der Waals surface area contributed by atoms with Crippen molar-refractivity contribution in [2.24, 2.45) is 10.2 Å². The number of quaternary nitrogens is 1. The van der Waals surface area contributed by atoms with Crippen LogP contribution in [0.4, 0.5) is 18.9 Å². The van der Waals surface area contributed by atoms with Gasteiger partial charge in [-0.3, -0.25) is 0 Å². The lowest BCUT2D eigenvalue weighted by Gasteiger charge is -2.17. The molecule has 1 atom stereocenters. The van der Waals surface area contributed by atoms with Gasteiger partial charge in [-0.15, -0.1) is 10.2 Å². The zero-order valence-electron chi connectivity index (χ0n) is 7.69. The summed E-state index contributed by atoms with van der Waals surface area (Å²) in [5.74, 6) is 0. The first-order valence-corrected chi connectivity index (χ1v) is 4.21. The molecule has 16 heavy (non-hydrogen) atoms. The van der Waals surface area contributed by atoms with E-state index in [1.807, 2.05) is 0 Å². The monoisotopic (exact) mass is 233 g/mol. The highest BCUT2D eigenvalue weighted by Gasteiger charge is 2.65. The number of alkyl halides is 3. The van der Waals surface area contributed by atoms with Crippen molar-refractivity contribution in [3.8, 4) is 0 Å². The summed E-state index contributed by atoms with van der Waals surface area (Å²) in [5, 5.41) is 23.9. The van der Waals surface area contributed by atoms with Crippen molar-refractivity contribution in [1.82, 2.24) is 0 Å². The van der Waals surface area contributed by atoms with Gasteiger partial charge in [0.15, 0.2) is 5.69 Å². The lowest BCUT2D eigenvalue weighted by Crippen LogP contribution is -2.99. The summed E-state index contributed by atoms with van der Waals surface area (Å²) in [5.41, 5.74) is -3.06. The predicted molar refractivity (Wildman–Crippen MR) is 44.8 cm³/mol. The topological polar surface area (TPSA) is 72.5 Å². The number of halogens is 3. The molecule has 0 saturated carbocycles. The molecule has 1 aliphatic rings. The van der Waals surface area contributed by atoms with Crippen molar-refractivity contribution >= 4 is 5.69 Å². The van der Waals surface area contributed by atoms with E-state index in [9.17, 15) is 18.4 Å². The third-order valence-electron chi connectivity index (χ3n) is 2.21. The molecule has 0 saturated heterocycles. The zero-order chi connectivity index (χ0) is 12.0. The molecule has 2 N–H and O–H groups in total. The second kappa shape index (κ2) is 3.24. The van der Waals surface area contributed by atoms with E-state index < -0.39 is 17.1 Å². The number of hydrogen-bond acceptors (Lipinski definition) is 4. The summed E-state index contributed by atoms with van der Waals surface area (Å²) in [6.45, 7) is 0. The van der Waals surface area contributed by atoms with Crippen LogP contribution in [0.3, 0.4) is 0 Å². The van der Waals surface area contributed by atoms with E-state index in [4.69, 9.17) is 5.21 Å². The molecule has 1 aromatic rings. The quantitative estimate of drug-likeness (QED) is 0.755. The Labute approximate surface area is 87.4 Å². The van der Waals surface area contributed by atoms with Crippen molar-refractivity contribution < 1.29 is 23.6 Å². The second-order valence-corrected chi connectivity index (χ2v) is 3.26. The lowest BCUT2D eigenvalue weighted by molar-refractivity contribution is -0.991. The molecule has 86 valence electrons. The van der Waals surface area contributed by atoms with E-state index in [0.29, 0.717) is 0 Å². The molecule has 1 aliphatic heterocycles. The van der Waals surface area contributed by atoms with Crippen molar-refractivity contribution in [1.29, 1.82) is 0 Å². The summed E-state index contributed by atoms with van der Waals surface area (Å²) in [6.07, 6.45) is -4.63. The molecule has 0 amide bonds. The Morgan fingerprint density at radius 1 is 1.31 bits per heavy atom. The highest BCUT2D eigenvalue weighted by molar-refractivity contribution is 5.39. The van der Waals surface area contributed by atoms with Gasteiger partial charge in [0.25, 0.3) is 0 Å². The van der Waals surface area contributed by atoms with Crippen LogP contribution in [0.25, 0.3) is 0 Å². The van der Waals surface area contributed by atoms with Crippen LogP contribution >= 0.6 is 0 Å². The van der Waals surface area contributed by atoms with Crippen molar-refractivity contribution in [2.75, 3.05) is 0 Å². The van der Waals surface area contributed by atoms with Gasteiger partial charge < -0.3 is 5.21 Å². The third kappa shape index (κ3) is 1.56. The Morgan fingerprint density at radius 3 is 2.38 bits per heavy atom. The molecule has 8 heteroatoms. The van der Waals surface area contributed by atoms with Gasteiger partial charge >= 0.3 is 11.8 Å². The lowest BCUT2D eigenvalue weighted by atomic mass is 10.0. The first kappa shape index (κ1) is 11.0. The average molecular weight is 233 g/mol. The van der Waals surface area contributed by atoms with Gasteiger partial charge in [-0.05, 0) is 0 Å². The molecule has 1 unspecified atom stereocenters. The standard InChI is InChI=1S/C8H6F3N3O2/c9-8(10,11)7(12-13-7)5-2-1-3-6(4-5)14(15)16/h1-4,14-15H. The number of benzene rings is 1. The number of nitrogens with zero attached hydrogens (tertiary/aromatic N) is 2. The first-order chi connectivity index (χ1) is 7.37. The number of rotatable bonds is 2. The molecule has 0 radical (unpaired) electrons. The molecule has 0 spiro atoms. The molecule has 5 nitrogen and oxygen atoms in total. The summed E-state index contributed by atoms with van der Waals surface area (Å²) in [7, 11) is 0. The normalized spacial score (nSPS) is 19.6. The Kier molecular flexibility index (Phi) is 2.22. The van der Waals surface area contributed by atoms with Crippen LogP contribution in [0.2, 0.25) is 0 Å². The summed E-state index contributed by atoms with van der Waals surface area (Å²) < 4.78 is 37.7. The Balaban J connectivity index is 2.39. The maximum atomic E-state index is 12.6. The molecule has 0 fully saturated rings. The minimum absolute atomic E-state index is 0.224. The summed E-state index contributed by atoms with van der Waals surface area (Å²) in [4.78, 5) is 0.